The second-order valence-electron chi connectivity index (χ2n) is 6.51. The van der Waals surface area contributed by atoms with E-state index in [9.17, 15) is 4.79 Å². The van der Waals surface area contributed by atoms with Crippen LogP contribution in [0.5, 0.6) is 0 Å². The number of nitrogens with zero attached hydrogens (tertiary/aromatic N) is 2. The second-order valence-corrected chi connectivity index (χ2v) is 7.54. The normalized spacial score (nSPS) is 20.9. The van der Waals surface area contributed by atoms with Gasteiger partial charge < -0.3 is 10.6 Å². The summed E-state index contributed by atoms with van der Waals surface area (Å²) >= 11 is 1.46. The molecule has 2 aromatic rings. The van der Waals surface area contributed by atoms with Crippen molar-refractivity contribution >= 4 is 17.2 Å². The van der Waals surface area contributed by atoms with E-state index in [-0.39, 0.29) is 17.4 Å². The van der Waals surface area contributed by atoms with Crippen molar-refractivity contribution in [2.45, 2.75) is 26.3 Å². The van der Waals surface area contributed by atoms with E-state index < -0.39 is 0 Å². The monoisotopic (exact) mass is 315 g/mol. The number of hydrogen-bond acceptors (Lipinski definition) is 4. The highest BCUT2D eigenvalue weighted by Crippen LogP contribution is 2.30. The topological polar surface area (TPSA) is 59.2 Å². The van der Waals surface area contributed by atoms with Gasteiger partial charge in [0, 0.05) is 24.7 Å². The van der Waals surface area contributed by atoms with Gasteiger partial charge in [-0.3, -0.25) is 4.79 Å². The summed E-state index contributed by atoms with van der Waals surface area (Å²) < 4.78 is 0. The average molecular weight is 315 g/mol. The summed E-state index contributed by atoms with van der Waals surface area (Å²) in [6.07, 6.45) is 2.54. The maximum absolute atomic E-state index is 12.7. The quantitative estimate of drug-likeness (QED) is 0.927. The van der Waals surface area contributed by atoms with Crippen LogP contribution in [-0.2, 0) is 0 Å². The third-order valence-corrected chi connectivity index (χ3v) is 5.37. The van der Waals surface area contributed by atoms with Gasteiger partial charge in [-0.25, -0.2) is 4.98 Å². The van der Waals surface area contributed by atoms with Crippen molar-refractivity contribution in [2.75, 3.05) is 13.1 Å². The molecule has 1 amide bonds. The zero-order valence-electron chi connectivity index (χ0n) is 13.0. The van der Waals surface area contributed by atoms with Crippen LogP contribution < -0.4 is 5.73 Å². The highest BCUT2D eigenvalue weighted by Gasteiger charge is 2.36. The number of aromatic nitrogens is 1. The molecule has 0 radical (unpaired) electrons. The maximum atomic E-state index is 12.7. The van der Waals surface area contributed by atoms with Crippen LogP contribution in [0, 0.1) is 5.41 Å². The molecule has 0 saturated carbocycles. The first-order valence-electron chi connectivity index (χ1n) is 7.53. The number of piperidine rings is 1. The minimum atomic E-state index is -0.0408. The zero-order chi connectivity index (χ0) is 15.7. The minimum Gasteiger partial charge on any atom is -0.337 e. The summed E-state index contributed by atoms with van der Waals surface area (Å²) in [4.78, 5) is 19.7. The number of likely N-dealkylation sites (tertiary alicyclic amines) is 1. The molecule has 116 valence electrons. The van der Waals surface area contributed by atoms with E-state index in [0.717, 1.165) is 23.5 Å². The molecule has 4 nitrogen and oxygen atoms in total. The zero-order valence-corrected chi connectivity index (χ0v) is 13.8. The Balaban J connectivity index is 1.78. The molecule has 1 aliphatic heterocycles. The third-order valence-electron chi connectivity index (χ3n) is 4.34. The van der Waals surface area contributed by atoms with Gasteiger partial charge in [0.25, 0.3) is 5.91 Å². The second kappa shape index (κ2) is 5.82. The Labute approximate surface area is 135 Å². The molecule has 1 aromatic heterocycles. The average Bonchev–Trinajstić information content (AvgIpc) is 3.00. The Kier molecular flexibility index (Phi) is 4.02. The Morgan fingerprint density at radius 1 is 1.36 bits per heavy atom. The maximum Gasteiger partial charge on any atom is 0.265 e. The van der Waals surface area contributed by atoms with E-state index in [1.54, 1.807) is 6.20 Å². The number of rotatable bonds is 2. The number of hydrogen-bond donors (Lipinski definition) is 1. The predicted molar refractivity (Wildman–Crippen MR) is 89.8 cm³/mol. The highest BCUT2D eigenvalue weighted by molar-refractivity contribution is 7.16. The fourth-order valence-electron chi connectivity index (χ4n) is 2.79. The van der Waals surface area contributed by atoms with Gasteiger partial charge >= 0.3 is 0 Å². The van der Waals surface area contributed by atoms with Crippen molar-refractivity contribution in [3.8, 4) is 10.6 Å². The molecular weight excluding hydrogens is 294 g/mol. The molecule has 3 rings (SSSR count). The number of carbonyl (C=O) groups is 1. The number of thiazole rings is 1. The van der Waals surface area contributed by atoms with Crippen molar-refractivity contribution in [3.05, 3.63) is 41.4 Å². The van der Waals surface area contributed by atoms with Crippen LogP contribution in [0.2, 0.25) is 0 Å². The summed E-state index contributed by atoms with van der Waals surface area (Å²) in [7, 11) is 0. The fraction of sp³-hybridized carbons (Fsp3) is 0.412. The molecule has 22 heavy (non-hydrogen) atoms. The first-order chi connectivity index (χ1) is 10.5. The molecule has 0 spiro atoms. The minimum absolute atomic E-state index is 0.0408. The van der Waals surface area contributed by atoms with Crippen LogP contribution in [0.1, 0.15) is 29.9 Å². The van der Waals surface area contributed by atoms with E-state index in [1.807, 2.05) is 35.2 Å². The number of nitrogens with two attached hydrogens (primary N) is 1. The molecule has 1 atom stereocenters. The van der Waals surface area contributed by atoms with Crippen LogP contribution in [-0.4, -0.2) is 34.9 Å². The van der Waals surface area contributed by atoms with Crippen molar-refractivity contribution in [3.63, 3.8) is 0 Å². The van der Waals surface area contributed by atoms with Gasteiger partial charge in [0.1, 0.15) is 9.88 Å². The third kappa shape index (κ3) is 2.91. The van der Waals surface area contributed by atoms with Gasteiger partial charge in [0.05, 0.1) is 6.20 Å². The van der Waals surface area contributed by atoms with Crippen molar-refractivity contribution in [2.24, 2.45) is 11.1 Å². The molecule has 5 heteroatoms. The molecule has 1 fully saturated rings. The van der Waals surface area contributed by atoms with Crippen molar-refractivity contribution < 1.29 is 4.79 Å². The lowest BCUT2D eigenvalue weighted by molar-refractivity contribution is 0.0537. The smallest absolute Gasteiger partial charge is 0.265 e. The van der Waals surface area contributed by atoms with E-state index in [4.69, 9.17) is 5.73 Å². The summed E-state index contributed by atoms with van der Waals surface area (Å²) in [5.74, 6) is 0.0691. The Morgan fingerprint density at radius 2 is 2.09 bits per heavy atom. The number of amides is 1. The van der Waals surface area contributed by atoms with E-state index in [0.29, 0.717) is 11.4 Å². The number of carbonyl (C=O) groups excluding carboxylic acids is 1. The standard InChI is InChI=1S/C17H21N3OS/c1-17(2)11-20(9-8-14(17)18)16(21)13-10-19-15(22-13)12-6-4-3-5-7-12/h3-7,10,14H,8-9,11,18H2,1-2H3. The van der Waals surface area contributed by atoms with Gasteiger partial charge in [0.15, 0.2) is 0 Å². The largest absolute Gasteiger partial charge is 0.337 e. The molecule has 1 aromatic carbocycles. The summed E-state index contributed by atoms with van der Waals surface area (Å²) in [5, 5.41) is 0.886. The summed E-state index contributed by atoms with van der Waals surface area (Å²) in [5.41, 5.74) is 7.15. The van der Waals surface area contributed by atoms with Gasteiger partial charge in [-0.15, -0.1) is 11.3 Å². The molecule has 1 aliphatic rings. The van der Waals surface area contributed by atoms with Crippen LogP contribution in [0.25, 0.3) is 10.6 Å². The Bertz CT molecular complexity index is 666. The first kappa shape index (κ1) is 15.2. The van der Waals surface area contributed by atoms with Crippen LogP contribution in [0.4, 0.5) is 0 Å². The Hall–Kier alpha value is -1.72. The molecule has 2 heterocycles. The van der Waals surface area contributed by atoms with Gasteiger partial charge in [-0.05, 0) is 11.8 Å². The molecule has 0 bridgehead atoms. The molecule has 2 N–H and O–H groups in total. The van der Waals surface area contributed by atoms with Crippen molar-refractivity contribution in [1.29, 1.82) is 0 Å². The first-order valence-corrected chi connectivity index (χ1v) is 8.35. The summed E-state index contributed by atoms with van der Waals surface area (Å²) in [6.45, 7) is 5.67. The Morgan fingerprint density at radius 3 is 2.77 bits per heavy atom. The molecule has 1 saturated heterocycles. The SMILES string of the molecule is CC1(C)CN(C(=O)c2cnc(-c3ccccc3)s2)CCC1N. The predicted octanol–water partition coefficient (Wildman–Crippen LogP) is 3.01. The molecular formula is C17H21N3OS. The molecule has 0 aliphatic carbocycles. The molecule has 1 unspecified atom stereocenters. The summed E-state index contributed by atoms with van der Waals surface area (Å²) in [6, 6.07) is 10.1. The van der Waals surface area contributed by atoms with Crippen LogP contribution in [0.15, 0.2) is 36.5 Å². The fourth-order valence-corrected chi connectivity index (χ4v) is 3.68. The number of benzene rings is 1. The lowest BCUT2D eigenvalue weighted by Gasteiger charge is -2.42. The van der Waals surface area contributed by atoms with E-state index >= 15 is 0 Å². The van der Waals surface area contributed by atoms with E-state index in [1.165, 1.54) is 11.3 Å². The highest BCUT2D eigenvalue weighted by atomic mass is 32.1. The van der Waals surface area contributed by atoms with Crippen LogP contribution in [0.3, 0.4) is 0 Å². The van der Waals surface area contributed by atoms with Crippen LogP contribution >= 0.6 is 11.3 Å². The van der Waals surface area contributed by atoms with Gasteiger partial charge in [-0.1, -0.05) is 44.2 Å². The van der Waals surface area contributed by atoms with E-state index in [2.05, 4.69) is 18.8 Å². The van der Waals surface area contributed by atoms with Gasteiger partial charge in [0.2, 0.25) is 0 Å². The van der Waals surface area contributed by atoms with Gasteiger partial charge in [-0.2, -0.15) is 0 Å². The lowest BCUT2D eigenvalue weighted by Crippen LogP contribution is -2.53. The lowest BCUT2D eigenvalue weighted by atomic mass is 9.79. The van der Waals surface area contributed by atoms with Crippen molar-refractivity contribution in [1.82, 2.24) is 9.88 Å².